The fourth-order valence-electron chi connectivity index (χ4n) is 2.73. The molecule has 1 heterocycles. The van der Waals surface area contributed by atoms with Crippen molar-refractivity contribution < 1.29 is 19.7 Å². The summed E-state index contributed by atoms with van der Waals surface area (Å²) in [6.45, 7) is 2.83. The zero-order chi connectivity index (χ0) is 10.4. The number of hydrogen-bond acceptors (Lipinski definition) is 3. The highest BCUT2D eigenvalue weighted by Gasteiger charge is 2.69. The van der Waals surface area contributed by atoms with Gasteiger partial charge in [-0.15, -0.1) is 0 Å². The van der Waals surface area contributed by atoms with Crippen molar-refractivity contribution >= 4 is 5.97 Å². The Labute approximate surface area is 82.9 Å². The van der Waals surface area contributed by atoms with E-state index in [4.69, 9.17) is 4.74 Å². The predicted octanol–water partition coefficient (Wildman–Crippen LogP) is 0.639. The maximum Gasteiger partial charge on any atom is 0.312 e. The van der Waals surface area contributed by atoms with Gasteiger partial charge in [-0.1, -0.05) is 6.92 Å². The number of rotatable bonds is 2. The minimum atomic E-state index is -1.05. The first-order valence-corrected chi connectivity index (χ1v) is 5.06. The van der Waals surface area contributed by atoms with Gasteiger partial charge in [-0.2, -0.15) is 0 Å². The molecule has 0 aromatic carbocycles. The van der Waals surface area contributed by atoms with Gasteiger partial charge in [0, 0.05) is 26.1 Å². The van der Waals surface area contributed by atoms with E-state index in [1.165, 1.54) is 0 Å². The lowest BCUT2D eigenvalue weighted by atomic mass is 9.77. The van der Waals surface area contributed by atoms with Crippen molar-refractivity contribution in [3.8, 4) is 0 Å². The van der Waals surface area contributed by atoms with Crippen LogP contribution in [-0.4, -0.2) is 35.0 Å². The largest absolute Gasteiger partial charge is 0.481 e. The summed E-state index contributed by atoms with van der Waals surface area (Å²) in [5, 5.41) is 19.5. The standard InChI is InChI=1S/C10H16O4/c1-7-6-10(7,8(11)12)9(13)2-4-14-5-3-9/h7,13H,2-6H2,1H3,(H,11,12). The Kier molecular flexibility index (Phi) is 2.08. The fraction of sp³-hybridized carbons (Fsp3) is 0.900. The Morgan fingerprint density at radius 1 is 1.43 bits per heavy atom. The zero-order valence-electron chi connectivity index (χ0n) is 8.32. The summed E-state index contributed by atoms with van der Waals surface area (Å²) in [7, 11) is 0. The van der Waals surface area contributed by atoms with Crippen LogP contribution in [0.5, 0.6) is 0 Å². The van der Waals surface area contributed by atoms with Crippen molar-refractivity contribution in [2.45, 2.75) is 31.8 Å². The van der Waals surface area contributed by atoms with Gasteiger partial charge < -0.3 is 14.9 Å². The van der Waals surface area contributed by atoms with Gasteiger partial charge in [0.05, 0.1) is 11.0 Å². The number of aliphatic carboxylic acids is 1. The number of ether oxygens (including phenoxy) is 1. The van der Waals surface area contributed by atoms with Crippen LogP contribution < -0.4 is 0 Å². The topological polar surface area (TPSA) is 66.8 Å². The Hall–Kier alpha value is -0.610. The Balaban J connectivity index is 2.23. The first-order chi connectivity index (χ1) is 6.53. The van der Waals surface area contributed by atoms with Gasteiger partial charge in [0.2, 0.25) is 0 Å². The van der Waals surface area contributed by atoms with E-state index in [1.54, 1.807) is 0 Å². The highest BCUT2D eigenvalue weighted by molar-refractivity contribution is 5.80. The van der Waals surface area contributed by atoms with E-state index in [2.05, 4.69) is 0 Å². The molecule has 2 fully saturated rings. The number of carboxylic acid groups (broad SMARTS) is 1. The summed E-state index contributed by atoms with van der Waals surface area (Å²) in [5.74, 6) is -0.766. The minimum absolute atomic E-state index is 0.0862. The molecule has 0 aromatic rings. The zero-order valence-corrected chi connectivity index (χ0v) is 8.32. The molecule has 1 saturated heterocycles. The third-order valence-corrected chi connectivity index (χ3v) is 3.84. The van der Waals surface area contributed by atoms with Crippen LogP contribution >= 0.6 is 0 Å². The average molecular weight is 200 g/mol. The second-order valence-electron chi connectivity index (χ2n) is 4.53. The molecule has 2 atom stereocenters. The highest BCUT2D eigenvalue weighted by atomic mass is 16.5. The van der Waals surface area contributed by atoms with E-state index in [0.717, 1.165) is 0 Å². The van der Waals surface area contributed by atoms with Crippen LogP contribution in [0.25, 0.3) is 0 Å². The van der Waals surface area contributed by atoms with Gasteiger partial charge in [-0.05, 0) is 12.3 Å². The predicted molar refractivity (Wildman–Crippen MR) is 48.9 cm³/mol. The molecule has 4 heteroatoms. The summed E-state index contributed by atoms with van der Waals surface area (Å²) < 4.78 is 5.15. The summed E-state index contributed by atoms with van der Waals surface area (Å²) >= 11 is 0. The van der Waals surface area contributed by atoms with E-state index in [9.17, 15) is 15.0 Å². The second kappa shape index (κ2) is 2.94. The molecule has 0 radical (unpaired) electrons. The van der Waals surface area contributed by atoms with Crippen molar-refractivity contribution in [1.29, 1.82) is 0 Å². The monoisotopic (exact) mass is 200 g/mol. The number of aliphatic hydroxyl groups is 1. The van der Waals surface area contributed by atoms with Crippen molar-refractivity contribution in [3.63, 3.8) is 0 Å². The molecule has 1 aliphatic heterocycles. The van der Waals surface area contributed by atoms with Gasteiger partial charge in [-0.25, -0.2) is 0 Å². The van der Waals surface area contributed by atoms with Crippen molar-refractivity contribution in [3.05, 3.63) is 0 Å². The Morgan fingerprint density at radius 2 is 1.93 bits per heavy atom. The van der Waals surface area contributed by atoms with E-state index >= 15 is 0 Å². The first-order valence-electron chi connectivity index (χ1n) is 5.06. The van der Waals surface area contributed by atoms with E-state index < -0.39 is 17.0 Å². The van der Waals surface area contributed by atoms with Crippen molar-refractivity contribution in [2.24, 2.45) is 11.3 Å². The van der Waals surface area contributed by atoms with Crippen LogP contribution in [0.2, 0.25) is 0 Å². The van der Waals surface area contributed by atoms with E-state index in [-0.39, 0.29) is 5.92 Å². The molecule has 0 amide bonds. The Bertz CT molecular complexity index is 257. The SMILES string of the molecule is CC1CC1(C(=O)O)C1(O)CCOCC1. The molecule has 80 valence electrons. The van der Waals surface area contributed by atoms with Crippen LogP contribution in [-0.2, 0) is 9.53 Å². The molecule has 0 spiro atoms. The third-order valence-electron chi connectivity index (χ3n) is 3.84. The first kappa shape index (κ1) is 9.93. The van der Waals surface area contributed by atoms with Crippen molar-refractivity contribution in [1.82, 2.24) is 0 Å². The summed E-state index contributed by atoms with van der Waals surface area (Å²) in [5.41, 5.74) is -1.94. The average Bonchev–Trinajstić information content (AvgIpc) is 2.80. The number of hydrogen-bond donors (Lipinski definition) is 2. The lowest BCUT2D eigenvalue weighted by Crippen LogP contribution is -2.49. The second-order valence-corrected chi connectivity index (χ2v) is 4.53. The van der Waals surface area contributed by atoms with Gasteiger partial charge in [-0.3, -0.25) is 4.79 Å². The molecule has 1 saturated carbocycles. The van der Waals surface area contributed by atoms with Crippen LogP contribution in [0, 0.1) is 11.3 Å². The van der Waals surface area contributed by atoms with Crippen LogP contribution in [0.4, 0.5) is 0 Å². The number of carboxylic acids is 1. The molecule has 4 nitrogen and oxygen atoms in total. The molecule has 0 aromatic heterocycles. The smallest absolute Gasteiger partial charge is 0.312 e. The summed E-state index contributed by atoms with van der Waals surface area (Å²) in [6.07, 6.45) is 1.49. The third kappa shape index (κ3) is 1.10. The van der Waals surface area contributed by atoms with Gasteiger partial charge in [0.15, 0.2) is 0 Å². The number of carbonyl (C=O) groups is 1. The fourth-order valence-corrected chi connectivity index (χ4v) is 2.73. The quantitative estimate of drug-likeness (QED) is 0.686. The normalized spacial score (nSPS) is 40.6. The summed E-state index contributed by atoms with van der Waals surface area (Å²) in [6, 6.07) is 0. The molecular formula is C10H16O4. The molecule has 2 N–H and O–H groups in total. The van der Waals surface area contributed by atoms with E-state index in [1.807, 2.05) is 6.92 Å². The van der Waals surface area contributed by atoms with Gasteiger partial charge in [0.1, 0.15) is 0 Å². The van der Waals surface area contributed by atoms with E-state index in [0.29, 0.717) is 32.5 Å². The molecule has 2 rings (SSSR count). The van der Waals surface area contributed by atoms with Crippen molar-refractivity contribution in [2.75, 3.05) is 13.2 Å². The maximum absolute atomic E-state index is 11.2. The molecule has 1 aliphatic carbocycles. The Morgan fingerprint density at radius 3 is 2.29 bits per heavy atom. The minimum Gasteiger partial charge on any atom is -0.481 e. The lowest BCUT2D eigenvalue weighted by Gasteiger charge is -2.37. The van der Waals surface area contributed by atoms with Crippen LogP contribution in [0.3, 0.4) is 0 Å². The highest BCUT2D eigenvalue weighted by Crippen LogP contribution is 2.62. The molecule has 14 heavy (non-hydrogen) atoms. The van der Waals surface area contributed by atoms with Crippen LogP contribution in [0.15, 0.2) is 0 Å². The molecular weight excluding hydrogens is 184 g/mol. The molecule has 2 aliphatic rings. The lowest BCUT2D eigenvalue weighted by molar-refractivity contribution is -0.167. The maximum atomic E-state index is 11.2. The molecule has 2 unspecified atom stereocenters. The van der Waals surface area contributed by atoms with Gasteiger partial charge >= 0.3 is 5.97 Å². The molecule has 0 bridgehead atoms. The summed E-state index contributed by atoms with van der Waals surface area (Å²) in [4.78, 5) is 11.2. The van der Waals surface area contributed by atoms with Gasteiger partial charge in [0.25, 0.3) is 0 Å². The van der Waals surface area contributed by atoms with Crippen LogP contribution in [0.1, 0.15) is 26.2 Å².